The number of Topliss-reactive ketones (excluding diaryl/α,β-unsaturated/α-hetero) is 1. The van der Waals surface area contributed by atoms with Crippen molar-refractivity contribution < 1.29 is 28.7 Å². The average molecular weight is 410 g/mol. The molecule has 0 radical (unpaired) electrons. The van der Waals surface area contributed by atoms with Crippen molar-refractivity contribution in [2.24, 2.45) is 0 Å². The van der Waals surface area contributed by atoms with Gasteiger partial charge in [0.15, 0.2) is 0 Å². The highest BCUT2D eigenvalue weighted by molar-refractivity contribution is 6.46. The number of furan rings is 1. The van der Waals surface area contributed by atoms with E-state index in [-0.39, 0.29) is 5.57 Å². The van der Waals surface area contributed by atoms with E-state index in [1.165, 1.54) is 4.90 Å². The number of likely N-dealkylation sites (tertiary alicyclic amines) is 1. The number of amides is 1. The SMILES string of the molecule is C=CCOc1ccc(C([O-])=C2C(=O)C(=O)N(CC[NH+](C)C)C2c2ccc(C)o2)cc1. The number of hydrogen-bond donors (Lipinski definition) is 1. The topological polar surface area (TPSA) is 87.2 Å². The van der Waals surface area contributed by atoms with E-state index in [2.05, 4.69) is 6.58 Å². The van der Waals surface area contributed by atoms with Gasteiger partial charge in [-0.3, -0.25) is 9.59 Å². The summed E-state index contributed by atoms with van der Waals surface area (Å²) in [5.74, 6) is -0.300. The Morgan fingerprint density at radius 2 is 1.93 bits per heavy atom. The standard InChI is InChI=1S/C23H26N2O5/c1-5-14-29-17-9-7-16(8-10-17)21(26)19-20(18-11-6-15(2)30-18)25(13-12-24(3)4)23(28)22(19)27/h5-11,20,26H,1,12-14H2,2-4H3. The molecule has 1 amide bonds. The van der Waals surface area contributed by atoms with Gasteiger partial charge in [0.25, 0.3) is 5.91 Å². The summed E-state index contributed by atoms with van der Waals surface area (Å²) >= 11 is 0. The van der Waals surface area contributed by atoms with E-state index in [0.29, 0.717) is 42.5 Å². The van der Waals surface area contributed by atoms with Crippen LogP contribution in [0, 0.1) is 6.92 Å². The van der Waals surface area contributed by atoms with Crippen molar-refractivity contribution in [3.8, 4) is 5.75 Å². The Morgan fingerprint density at radius 3 is 2.50 bits per heavy atom. The van der Waals surface area contributed by atoms with Crippen LogP contribution in [0.15, 0.2) is 59.0 Å². The summed E-state index contributed by atoms with van der Waals surface area (Å²) in [7, 11) is 3.92. The number of nitrogens with one attached hydrogen (secondary N) is 1. The lowest BCUT2D eigenvalue weighted by Gasteiger charge is -2.26. The number of nitrogens with zero attached hydrogens (tertiary/aromatic N) is 1. The van der Waals surface area contributed by atoms with Gasteiger partial charge >= 0.3 is 0 Å². The third-order valence-electron chi connectivity index (χ3n) is 4.90. The largest absolute Gasteiger partial charge is 0.872 e. The summed E-state index contributed by atoms with van der Waals surface area (Å²) in [6, 6.07) is 9.11. The Balaban J connectivity index is 2.03. The second-order valence-electron chi connectivity index (χ2n) is 7.50. The van der Waals surface area contributed by atoms with Gasteiger partial charge in [-0.15, -0.1) is 0 Å². The minimum Gasteiger partial charge on any atom is -0.872 e. The van der Waals surface area contributed by atoms with Crippen LogP contribution in [0.5, 0.6) is 5.75 Å². The van der Waals surface area contributed by atoms with Crippen LogP contribution in [-0.4, -0.2) is 50.4 Å². The first-order valence-electron chi connectivity index (χ1n) is 9.79. The molecule has 0 spiro atoms. The van der Waals surface area contributed by atoms with Crippen molar-refractivity contribution in [2.45, 2.75) is 13.0 Å². The molecular formula is C23H26N2O5. The van der Waals surface area contributed by atoms with E-state index in [0.717, 1.165) is 4.90 Å². The van der Waals surface area contributed by atoms with Gasteiger partial charge in [-0.2, -0.15) is 0 Å². The molecule has 0 bridgehead atoms. The van der Waals surface area contributed by atoms with Crippen LogP contribution >= 0.6 is 0 Å². The van der Waals surface area contributed by atoms with Gasteiger partial charge in [0, 0.05) is 5.57 Å². The number of rotatable bonds is 8. The first kappa shape index (κ1) is 21.4. The fourth-order valence-corrected chi connectivity index (χ4v) is 3.35. The van der Waals surface area contributed by atoms with Crippen LogP contribution in [0.2, 0.25) is 0 Å². The third-order valence-corrected chi connectivity index (χ3v) is 4.90. The summed E-state index contributed by atoms with van der Waals surface area (Å²) < 4.78 is 11.2. The number of ether oxygens (including phenoxy) is 1. The van der Waals surface area contributed by atoms with E-state index in [9.17, 15) is 14.7 Å². The molecule has 1 fully saturated rings. The maximum absolute atomic E-state index is 13.3. The average Bonchev–Trinajstić information content (AvgIpc) is 3.26. The van der Waals surface area contributed by atoms with Crippen molar-refractivity contribution >= 4 is 17.4 Å². The van der Waals surface area contributed by atoms with E-state index >= 15 is 0 Å². The van der Waals surface area contributed by atoms with Crippen LogP contribution in [0.25, 0.3) is 5.76 Å². The highest BCUT2D eigenvalue weighted by Gasteiger charge is 2.45. The first-order chi connectivity index (χ1) is 14.3. The molecule has 2 aromatic rings. The zero-order chi connectivity index (χ0) is 21.8. The van der Waals surface area contributed by atoms with Gasteiger partial charge in [0.1, 0.15) is 29.9 Å². The van der Waals surface area contributed by atoms with Crippen LogP contribution < -0.4 is 14.7 Å². The van der Waals surface area contributed by atoms with Crippen LogP contribution in [0.1, 0.15) is 23.1 Å². The molecule has 1 atom stereocenters. The number of carbonyl (C=O) groups is 2. The first-order valence-corrected chi connectivity index (χ1v) is 9.79. The molecule has 1 aliphatic heterocycles. The normalized spacial score (nSPS) is 18.3. The van der Waals surface area contributed by atoms with Gasteiger partial charge in [0.2, 0.25) is 5.78 Å². The maximum atomic E-state index is 13.3. The Kier molecular flexibility index (Phi) is 6.42. The zero-order valence-corrected chi connectivity index (χ0v) is 17.4. The molecule has 2 heterocycles. The molecule has 1 saturated heterocycles. The Hall–Kier alpha value is -3.32. The van der Waals surface area contributed by atoms with Crippen LogP contribution in [-0.2, 0) is 9.59 Å². The lowest BCUT2D eigenvalue weighted by atomic mass is 9.99. The third kappa shape index (κ3) is 4.31. The van der Waals surface area contributed by atoms with Crippen molar-refractivity contribution in [3.63, 3.8) is 0 Å². The van der Waals surface area contributed by atoms with Gasteiger partial charge in [0.05, 0.1) is 27.2 Å². The molecule has 158 valence electrons. The molecule has 7 nitrogen and oxygen atoms in total. The molecule has 1 N–H and O–H groups in total. The quantitative estimate of drug-likeness (QED) is 0.297. The van der Waals surface area contributed by atoms with Crippen LogP contribution in [0.3, 0.4) is 0 Å². The summed E-state index contributed by atoms with van der Waals surface area (Å²) in [6.45, 7) is 6.69. The molecule has 7 heteroatoms. The molecule has 1 unspecified atom stereocenters. The number of likely N-dealkylation sites (N-methyl/N-ethyl adjacent to an activating group) is 1. The molecule has 30 heavy (non-hydrogen) atoms. The molecule has 0 aliphatic carbocycles. The number of quaternary nitrogens is 1. The predicted molar refractivity (Wildman–Crippen MR) is 110 cm³/mol. The molecular weight excluding hydrogens is 384 g/mol. The van der Waals surface area contributed by atoms with Crippen molar-refractivity contribution in [3.05, 3.63) is 71.7 Å². The smallest absolute Gasteiger partial charge is 0.295 e. The second-order valence-corrected chi connectivity index (χ2v) is 7.50. The zero-order valence-electron chi connectivity index (χ0n) is 17.4. The molecule has 0 saturated carbocycles. The lowest BCUT2D eigenvalue weighted by molar-refractivity contribution is -0.857. The molecule has 1 aliphatic rings. The Labute approximate surface area is 175 Å². The Bertz CT molecular complexity index is 972. The van der Waals surface area contributed by atoms with E-state index in [4.69, 9.17) is 9.15 Å². The fourth-order valence-electron chi connectivity index (χ4n) is 3.35. The monoisotopic (exact) mass is 410 g/mol. The number of ketones is 1. The van der Waals surface area contributed by atoms with E-state index < -0.39 is 23.5 Å². The second kappa shape index (κ2) is 9.00. The molecule has 1 aromatic heterocycles. The van der Waals surface area contributed by atoms with Gasteiger partial charge in [-0.05, 0) is 36.8 Å². The number of carbonyl (C=O) groups excluding carboxylic acids is 2. The summed E-state index contributed by atoms with van der Waals surface area (Å²) in [5.41, 5.74) is 0.230. The summed E-state index contributed by atoms with van der Waals surface area (Å²) in [4.78, 5) is 28.1. The van der Waals surface area contributed by atoms with Crippen molar-refractivity contribution in [1.29, 1.82) is 0 Å². The maximum Gasteiger partial charge on any atom is 0.295 e. The number of aryl methyl sites for hydroxylation is 1. The number of hydrogen-bond acceptors (Lipinski definition) is 5. The van der Waals surface area contributed by atoms with Crippen molar-refractivity contribution in [2.75, 3.05) is 33.8 Å². The summed E-state index contributed by atoms with van der Waals surface area (Å²) in [5, 5.41) is 13.3. The fraction of sp³-hybridized carbons (Fsp3) is 0.304. The minimum atomic E-state index is -0.831. The van der Waals surface area contributed by atoms with Gasteiger partial charge in [-0.25, -0.2) is 0 Å². The molecule has 1 aromatic carbocycles. The highest BCUT2D eigenvalue weighted by atomic mass is 16.5. The van der Waals surface area contributed by atoms with Crippen LogP contribution in [0.4, 0.5) is 0 Å². The highest BCUT2D eigenvalue weighted by Crippen LogP contribution is 2.39. The van der Waals surface area contributed by atoms with Gasteiger partial charge in [-0.1, -0.05) is 30.5 Å². The minimum absolute atomic E-state index is 0.0807. The lowest BCUT2D eigenvalue weighted by Crippen LogP contribution is -3.06. The van der Waals surface area contributed by atoms with Gasteiger partial charge < -0.3 is 24.1 Å². The number of benzene rings is 1. The predicted octanol–water partition coefficient (Wildman–Crippen LogP) is 0.521. The van der Waals surface area contributed by atoms with E-state index in [1.807, 2.05) is 14.1 Å². The Morgan fingerprint density at radius 1 is 1.23 bits per heavy atom. The van der Waals surface area contributed by atoms with Crippen molar-refractivity contribution in [1.82, 2.24) is 4.90 Å². The summed E-state index contributed by atoms with van der Waals surface area (Å²) in [6.07, 6.45) is 1.62. The molecule has 3 rings (SSSR count). The van der Waals surface area contributed by atoms with E-state index in [1.54, 1.807) is 49.4 Å².